The van der Waals surface area contributed by atoms with Crippen molar-refractivity contribution in [3.63, 3.8) is 0 Å². The van der Waals surface area contributed by atoms with E-state index >= 15 is 0 Å². The Labute approximate surface area is 159 Å². The molecule has 0 aromatic heterocycles. The number of aliphatic hydroxyl groups excluding tert-OH is 1. The predicted molar refractivity (Wildman–Crippen MR) is 98.6 cm³/mol. The van der Waals surface area contributed by atoms with Crippen molar-refractivity contribution < 1.29 is 32.6 Å². The highest BCUT2D eigenvalue weighted by Crippen LogP contribution is 2.20. The Morgan fingerprint density at radius 3 is 2.44 bits per heavy atom. The SMILES string of the molecule is CN(C)S(=O)(=O)C[C@@H]1CN(CCCOc2ccc(F)cc2)C[C@H]1O.O=CO. The number of nitrogens with zero attached hydrogens (tertiary/aromatic N) is 2. The number of β-amino-alcohol motifs (C(OH)–C–C–N with tert-alkyl or cyclic N) is 1. The van der Waals surface area contributed by atoms with Gasteiger partial charge >= 0.3 is 0 Å². The second-order valence-corrected chi connectivity index (χ2v) is 8.64. The first-order chi connectivity index (χ1) is 12.7. The fourth-order valence-electron chi connectivity index (χ4n) is 2.72. The van der Waals surface area contributed by atoms with Crippen LogP contribution in [0.15, 0.2) is 24.3 Å². The maximum atomic E-state index is 12.8. The second-order valence-electron chi connectivity index (χ2n) is 6.41. The van der Waals surface area contributed by atoms with Gasteiger partial charge in [0.2, 0.25) is 10.0 Å². The zero-order valence-corrected chi connectivity index (χ0v) is 16.3. The monoisotopic (exact) mass is 406 g/mol. The number of carbonyl (C=O) groups is 1. The largest absolute Gasteiger partial charge is 0.494 e. The minimum absolute atomic E-state index is 0.0380. The average Bonchev–Trinajstić information content (AvgIpc) is 2.93. The van der Waals surface area contributed by atoms with Crippen LogP contribution < -0.4 is 4.74 Å². The fraction of sp³-hybridized carbons (Fsp3) is 0.588. The van der Waals surface area contributed by atoms with Crippen molar-refractivity contribution in [1.82, 2.24) is 9.21 Å². The highest BCUT2D eigenvalue weighted by atomic mass is 32.2. The van der Waals surface area contributed by atoms with Crippen LogP contribution in [-0.2, 0) is 14.8 Å². The Bertz CT molecular complexity index is 669. The Hall–Kier alpha value is -1.75. The summed E-state index contributed by atoms with van der Waals surface area (Å²) in [6.07, 6.45) is 0.120. The molecule has 1 aliphatic heterocycles. The number of sulfonamides is 1. The van der Waals surface area contributed by atoms with Crippen LogP contribution in [0, 0.1) is 11.7 Å². The van der Waals surface area contributed by atoms with Crippen molar-refractivity contribution in [3.05, 3.63) is 30.1 Å². The molecule has 8 nitrogen and oxygen atoms in total. The molecule has 1 aromatic rings. The van der Waals surface area contributed by atoms with Crippen LogP contribution in [0.2, 0.25) is 0 Å². The molecule has 10 heteroatoms. The average molecular weight is 406 g/mol. The highest BCUT2D eigenvalue weighted by Gasteiger charge is 2.34. The van der Waals surface area contributed by atoms with Crippen LogP contribution in [0.4, 0.5) is 4.39 Å². The van der Waals surface area contributed by atoms with E-state index in [2.05, 4.69) is 4.90 Å². The molecule has 2 N–H and O–H groups in total. The number of rotatable bonds is 8. The molecule has 0 aliphatic carbocycles. The van der Waals surface area contributed by atoms with Crippen molar-refractivity contribution in [2.75, 3.05) is 46.1 Å². The van der Waals surface area contributed by atoms with Crippen LogP contribution in [0.5, 0.6) is 5.75 Å². The Morgan fingerprint density at radius 1 is 1.30 bits per heavy atom. The number of hydrogen-bond acceptors (Lipinski definition) is 6. The van der Waals surface area contributed by atoms with Gasteiger partial charge in [-0.2, -0.15) is 0 Å². The summed E-state index contributed by atoms with van der Waals surface area (Å²) < 4.78 is 43.4. The molecule has 0 spiro atoms. The molecule has 27 heavy (non-hydrogen) atoms. The Balaban J connectivity index is 0.00000114. The minimum atomic E-state index is -3.31. The first-order valence-electron chi connectivity index (χ1n) is 8.46. The predicted octanol–water partition coefficient (Wildman–Crippen LogP) is 0.480. The lowest BCUT2D eigenvalue weighted by Crippen LogP contribution is -2.33. The van der Waals surface area contributed by atoms with Gasteiger partial charge < -0.3 is 19.8 Å². The van der Waals surface area contributed by atoms with Gasteiger partial charge in [-0.1, -0.05) is 0 Å². The smallest absolute Gasteiger partial charge is 0.290 e. The first-order valence-corrected chi connectivity index (χ1v) is 10.1. The lowest BCUT2D eigenvalue weighted by atomic mass is 10.1. The van der Waals surface area contributed by atoms with Gasteiger partial charge in [0, 0.05) is 39.6 Å². The van der Waals surface area contributed by atoms with Gasteiger partial charge in [0.1, 0.15) is 11.6 Å². The summed E-state index contributed by atoms with van der Waals surface area (Å²) in [6, 6.07) is 5.86. The molecular weight excluding hydrogens is 379 g/mol. The maximum Gasteiger partial charge on any atom is 0.290 e. The summed E-state index contributed by atoms with van der Waals surface area (Å²) in [4.78, 5) is 10.4. The van der Waals surface area contributed by atoms with E-state index in [1.165, 1.54) is 30.5 Å². The molecule has 2 rings (SSSR count). The number of likely N-dealkylation sites (tertiary alicyclic amines) is 1. The lowest BCUT2D eigenvalue weighted by Gasteiger charge is -2.18. The number of aliphatic hydroxyl groups is 1. The lowest BCUT2D eigenvalue weighted by molar-refractivity contribution is -0.122. The fourth-order valence-corrected chi connectivity index (χ4v) is 3.88. The van der Waals surface area contributed by atoms with Crippen LogP contribution >= 0.6 is 0 Å². The van der Waals surface area contributed by atoms with E-state index < -0.39 is 16.1 Å². The van der Waals surface area contributed by atoms with Gasteiger partial charge in [-0.25, -0.2) is 17.1 Å². The molecule has 154 valence electrons. The Morgan fingerprint density at radius 2 is 1.89 bits per heavy atom. The molecule has 1 aromatic carbocycles. The normalized spacial score (nSPS) is 20.2. The minimum Gasteiger partial charge on any atom is -0.494 e. The van der Waals surface area contributed by atoms with E-state index in [0.29, 0.717) is 25.4 Å². The summed E-state index contributed by atoms with van der Waals surface area (Å²) in [5.74, 6) is 0.0133. The van der Waals surface area contributed by atoms with E-state index in [-0.39, 0.29) is 24.0 Å². The molecule has 0 radical (unpaired) electrons. The number of carboxylic acid groups (broad SMARTS) is 1. The molecule has 0 bridgehead atoms. The molecule has 1 heterocycles. The topological polar surface area (TPSA) is 107 Å². The molecular formula is C17H27FN2O6S. The zero-order chi connectivity index (χ0) is 20.4. The number of halogens is 1. The molecule has 0 saturated carbocycles. The molecule has 2 atom stereocenters. The zero-order valence-electron chi connectivity index (χ0n) is 15.5. The molecule has 0 amide bonds. The van der Waals surface area contributed by atoms with Gasteiger partial charge in [0.25, 0.3) is 6.47 Å². The first kappa shape index (κ1) is 23.3. The third-order valence-corrected chi connectivity index (χ3v) is 6.13. The molecule has 1 saturated heterocycles. The van der Waals surface area contributed by atoms with Crippen LogP contribution in [0.1, 0.15) is 6.42 Å². The van der Waals surface area contributed by atoms with Crippen molar-refractivity contribution in [3.8, 4) is 5.75 Å². The molecule has 0 unspecified atom stereocenters. The van der Waals surface area contributed by atoms with Gasteiger partial charge in [-0.05, 0) is 30.7 Å². The van der Waals surface area contributed by atoms with Gasteiger partial charge in [0.05, 0.1) is 18.5 Å². The van der Waals surface area contributed by atoms with Gasteiger partial charge in [-0.3, -0.25) is 4.79 Å². The van der Waals surface area contributed by atoms with Crippen molar-refractivity contribution >= 4 is 16.5 Å². The molecule has 1 aliphatic rings. The number of hydrogen-bond donors (Lipinski definition) is 2. The van der Waals surface area contributed by atoms with Crippen molar-refractivity contribution in [2.45, 2.75) is 12.5 Å². The van der Waals surface area contributed by atoms with Gasteiger partial charge in [0.15, 0.2) is 0 Å². The van der Waals surface area contributed by atoms with E-state index in [1.807, 2.05) is 0 Å². The second kappa shape index (κ2) is 11.2. The summed E-state index contributed by atoms with van der Waals surface area (Å²) in [7, 11) is -0.309. The number of ether oxygens (including phenoxy) is 1. The van der Waals surface area contributed by atoms with Crippen molar-refractivity contribution in [1.29, 1.82) is 0 Å². The van der Waals surface area contributed by atoms with Crippen molar-refractivity contribution in [2.24, 2.45) is 5.92 Å². The van der Waals surface area contributed by atoms with E-state index in [9.17, 15) is 17.9 Å². The van der Waals surface area contributed by atoms with E-state index in [1.54, 1.807) is 12.1 Å². The summed E-state index contributed by atoms with van der Waals surface area (Å²) >= 11 is 0. The quantitative estimate of drug-likeness (QED) is 0.478. The third-order valence-electron chi connectivity index (χ3n) is 4.16. The summed E-state index contributed by atoms with van der Waals surface area (Å²) in [5, 5.41) is 17.0. The van der Waals surface area contributed by atoms with Crippen LogP contribution in [-0.4, -0.2) is 86.5 Å². The summed E-state index contributed by atoms with van der Waals surface area (Å²) in [6.45, 7) is 1.99. The number of benzene rings is 1. The maximum absolute atomic E-state index is 12.8. The third kappa shape index (κ3) is 8.21. The van der Waals surface area contributed by atoms with Crippen LogP contribution in [0.25, 0.3) is 0 Å². The standard InChI is InChI=1S/C16H25FN2O4S.CH2O2/c1-18(2)24(21,22)12-13-10-19(11-16(13)20)8-3-9-23-15-6-4-14(17)5-7-15;2-1-3/h4-7,13,16,20H,3,8-12H2,1-2H3;1H,(H,2,3)/t13-,16+;/m0./s1. The van der Waals surface area contributed by atoms with E-state index in [0.717, 1.165) is 13.0 Å². The Kier molecular flexibility index (Phi) is 9.64. The highest BCUT2D eigenvalue weighted by molar-refractivity contribution is 7.89. The van der Waals surface area contributed by atoms with Gasteiger partial charge in [-0.15, -0.1) is 0 Å². The van der Waals surface area contributed by atoms with E-state index in [4.69, 9.17) is 14.6 Å². The molecule has 1 fully saturated rings. The van der Waals surface area contributed by atoms with Crippen LogP contribution in [0.3, 0.4) is 0 Å². The summed E-state index contributed by atoms with van der Waals surface area (Å²) in [5.41, 5.74) is 0.